The Bertz CT molecular complexity index is 541. The zero-order valence-electron chi connectivity index (χ0n) is 12.2. The predicted molar refractivity (Wildman–Crippen MR) is 84.6 cm³/mol. The minimum Gasteiger partial charge on any atom is -0.496 e. The highest BCUT2D eigenvalue weighted by Gasteiger charge is 2.10. The van der Waals surface area contributed by atoms with Gasteiger partial charge in [-0.1, -0.05) is 25.1 Å². The van der Waals surface area contributed by atoms with Gasteiger partial charge in [0, 0.05) is 36.8 Å². The van der Waals surface area contributed by atoms with Crippen molar-refractivity contribution in [2.24, 2.45) is 0 Å². The molecule has 1 N–H and O–H groups in total. The third-order valence-electron chi connectivity index (χ3n) is 3.02. The van der Waals surface area contributed by atoms with Crippen LogP contribution < -0.4 is 15.0 Å². The number of thiazole rings is 1. The zero-order valence-corrected chi connectivity index (χ0v) is 13.0. The second kappa shape index (κ2) is 7.26. The summed E-state index contributed by atoms with van der Waals surface area (Å²) in [7, 11) is 3.76. The summed E-state index contributed by atoms with van der Waals surface area (Å²) in [5.74, 6) is 0.920. The van der Waals surface area contributed by atoms with Crippen molar-refractivity contribution in [2.75, 3.05) is 25.6 Å². The van der Waals surface area contributed by atoms with Crippen molar-refractivity contribution >= 4 is 16.5 Å². The highest BCUT2D eigenvalue weighted by molar-refractivity contribution is 7.15. The van der Waals surface area contributed by atoms with Crippen LogP contribution in [0.15, 0.2) is 30.5 Å². The van der Waals surface area contributed by atoms with Crippen molar-refractivity contribution in [1.82, 2.24) is 10.3 Å². The van der Waals surface area contributed by atoms with Gasteiger partial charge in [0.2, 0.25) is 0 Å². The molecule has 0 aliphatic heterocycles. The summed E-state index contributed by atoms with van der Waals surface area (Å²) in [6, 6.07) is 8.09. The van der Waals surface area contributed by atoms with Crippen LogP contribution in [0.4, 0.5) is 5.13 Å². The number of hydrogen-bond donors (Lipinski definition) is 1. The maximum Gasteiger partial charge on any atom is 0.185 e. The molecule has 0 radical (unpaired) electrons. The molecule has 5 heteroatoms. The smallest absolute Gasteiger partial charge is 0.185 e. The Labute approximate surface area is 124 Å². The third kappa shape index (κ3) is 3.71. The van der Waals surface area contributed by atoms with Gasteiger partial charge in [0.25, 0.3) is 0 Å². The van der Waals surface area contributed by atoms with Gasteiger partial charge in [-0.2, -0.15) is 0 Å². The SMILES string of the molecule is CCNCc1cnc(N(C)Cc2ccccc2OC)s1. The number of rotatable bonds is 7. The fourth-order valence-electron chi connectivity index (χ4n) is 1.96. The van der Waals surface area contributed by atoms with Crippen molar-refractivity contribution < 1.29 is 4.74 Å². The molecule has 1 aromatic heterocycles. The Morgan fingerprint density at radius 3 is 2.90 bits per heavy atom. The lowest BCUT2D eigenvalue weighted by molar-refractivity contribution is 0.409. The first-order valence-electron chi connectivity index (χ1n) is 6.73. The lowest BCUT2D eigenvalue weighted by atomic mass is 10.2. The third-order valence-corrected chi connectivity index (χ3v) is 4.13. The van der Waals surface area contributed by atoms with Gasteiger partial charge in [-0.25, -0.2) is 4.98 Å². The number of ether oxygens (including phenoxy) is 1. The van der Waals surface area contributed by atoms with Gasteiger partial charge in [-0.3, -0.25) is 0 Å². The molecule has 0 bridgehead atoms. The summed E-state index contributed by atoms with van der Waals surface area (Å²) in [6.07, 6.45) is 1.95. The van der Waals surface area contributed by atoms with E-state index in [9.17, 15) is 0 Å². The monoisotopic (exact) mass is 291 g/mol. The van der Waals surface area contributed by atoms with E-state index >= 15 is 0 Å². The van der Waals surface area contributed by atoms with Crippen LogP contribution in [0, 0.1) is 0 Å². The molecule has 0 atom stereocenters. The van der Waals surface area contributed by atoms with E-state index in [4.69, 9.17) is 4.74 Å². The van der Waals surface area contributed by atoms with E-state index in [1.165, 1.54) is 10.4 Å². The molecule has 2 aromatic rings. The number of aromatic nitrogens is 1. The van der Waals surface area contributed by atoms with Crippen LogP contribution in [0.3, 0.4) is 0 Å². The van der Waals surface area contributed by atoms with Crippen molar-refractivity contribution in [3.63, 3.8) is 0 Å². The van der Waals surface area contributed by atoms with Gasteiger partial charge in [0.15, 0.2) is 5.13 Å². The minimum absolute atomic E-state index is 0.790. The second-order valence-electron chi connectivity index (χ2n) is 4.56. The first kappa shape index (κ1) is 14.8. The van der Waals surface area contributed by atoms with E-state index in [1.54, 1.807) is 18.4 Å². The summed E-state index contributed by atoms with van der Waals surface area (Å²) in [5.41, 5.74) is 1.17. The van der Waals surface area contributed by atoms with Crippen LogP contribution in [0.2, 0.25) is 0 Å². The van der Waals surface area contributed by atoms with Crippen molar-refractivity contribution in [1.29, 1.82) is 0 Å². The molecular formula is C15H21N3OS. The van der Waals surface area contributed by atoms with Crippen LogP contribution in [-0.4, -0.2) is 25.7 Å². The number of hydrogen-bond acceptors (Lipinski definition) is 5. The Morgan fingerprint density at radius 2 is 2.15 bits per heavy atom. The first-order valence-corrected chi connectivity index (χ1v) is 7.54. The highest BCUT2D eigenvalue weighted by Crippen LogP contribution is 2.25. The fourth-order valence-corrected chi connectivity index (χ4v) is 2.80. The maximum atomic E-state index is 5.39. The van der Waals surface area contributed by atoms with E-state index < -0.39 is 0 Å². The Balaban J connectivity index is 2.04. The van der Waals surface area contributed by atoms with Gasteiger partial charge < -0.3 is 15.0 Å². The molecular weight excluding hydrogens is 270 g/mol. The molecule has 1 aromatic carbocycles. The average Bonchev–Trinajstić information content (AvgIpc) is 2.94. The quantitative estimate of drug-likeness (QED) is 0.851. The molecule has 0 unspecified atom stereocenters. The van der Waals surface area contributed by atoms with Crippen molar-refractivity contribution in [2.45, 2.75) is 20.0 Å². The molecule has 0 aliphatic rings. The standard InChI is InChI=1S/C15H21N3OS/c1-4-16-9-13-10-17-15(20-13)18(2)11-12-7-5-6-8-14(12)19-3/h5-8,10,16H,4,9,11H2,1-3H3. The number of benzene rings is 1. The lowest BCUT2D eigenvalue weighted by Crippen LogP contribution is -2.16. The fraction of sp³-hybridized carbons (Fsp3) is 0.400. The molecule has 1 heterocycles. The largest absolute Gasteiger partial charge is 0.496 e. The van der Waals surface area contributed by atoms with E-state index in [0.29, 0.717) is 0 Å². The Morgan fingerprint density at radius 1 is 1.35 bits per heavy atom. The van der Waals surface area contributed by atoms with Crippen LogP contribution >= 0.6 is 11.3 Å². The molecule has 0 saturated carbocycles. The van der Waals surface area contributed by atoms with Gasteiger partial charge in [-0.15, -0.1) is 11.3 Å². The topological polar surface area (TPSA) is 37.4 Å². The molecule has 4 nitrogen and oxygen atoms in total. The lowest BCUT2D eigenvalue weighted by Gasteiger charge is -2.17. The number of para-hydroxylation sites is 1. The summed E-state index contributed by atoms with van der Waals surface area (Å²) in [4.78, 5) is 7.89. The minimum atomic E-state index is 0.790. The van der Waals surface area contributed by atoms with Crippen LogP contribution in [0.25, 0.3) is 0 Å². The predicted octanol–water partition coefficient (Wildman–Crippen LogP) is 2.90. The number of methoxy groups -OCH3 is 1. The molecule has 0 aliphatic carbocycles. The summed E-state index contributed by atoms with van der Waals surface area (Å²) in [6.45, 7) is 4.76. The molecule has 2 rings (SSSR count). The normalized spacial score (nSPS) is 10.6. The molecule has 20 heavy (non-hydrogen) atoms. The summed E-state index contributed by atoms with van der Waals surface area (Å²) in [5, 5.41) is 4.35. The maximum absolute atomic E-state index is 5.39. The molecule has 0 fully saturated rings. The number of nitrogens with zero attached hydrogens (tertiary/aromatic N) is 2. The van der Waals surface area contributed by atoms with Gasteiger partial charge in [-0.05, 0) is 12.6 Å². The van der Waals surface area contributed by atoms with Crippen molar-refractivity contribution in [3.8, 4) is 5.75 Å². The summed E-state index contributed by atoms with van der Waals surface area (Å²) < 4.78 is 5.39. The number of anilines is 1. The van der Waals surface area contributed by atoms with E-state index in [2.05, 4.69) is 35.2 Å². The van der Waals surface area contributed by atoms with E-state index in [1.807, 2.05) is 24.4 Å². The molecule has 0 amide bonds. The average molecular weight is 291 g/mol. The van der Waals surface area contributed by atoms with Crippen LogP contribution in [0.1, 0.15) is 17.4 Å². The Hall–Kier alpha value is -1.59. The highest BCUT2D eigenvalue weighted by atomic mass is 32.1. The second-order valence-corrected chi connectivity index (χ2v) is 5.65. The molecule has 0 saturated heterocycles. The first-order chi connectivity index (χ1) is 9.74. The zero-order chi connectivity index (χ0) is 14.4. The van der Waals surface area contributed by atoms with Crippen LogP contribution in [0.5, 0.6) is 5.75 Å². The Kier molecular flexibility index (Phi) is 5.38. The summed E-state index contributed by atoms with van der Waals surface area (Å²) >= 11 is 1.73. The van der Waals surface area contributed by atoms with Crippen molar-refractivity contribution in [3.05, 3.63) is 40.9 Å². The van der Waals surface area contributed by atoms with Crippen LogP contribution in [-0.2, 0) is 13.1 Å². The van der Waals surface area contributed by atoms with Gasteiger partial charge in [0.1, 0.15) is 5.75 Å². The number of nitrogens with one attached hydrogen (secondary N) is 1. The van der Waals surface area contributed by atoms with Gasteiger partial charge >= 0.3 is 0 Å². The molecule has 0 spiro atoms. The van der Waals surface area contributed by atoms with E-state index in [0.717, 1.165) is 30.5 Å². The van der Waals surface area contributed by atoms with Gasteiger partial charge in [0.05, 0.1) is 7.11 Å². The molecule has 108 valence electrons. The van der Waals surface area contributed by atoms with E-state index in [-0.39, 0.29) is 0 Å².